The summed E-state index contributed by atoms with van der Waals surface area (Å²) in [6.45, 7) is 6.83. The number of halogens is 1. The molecule has 0 radical (unpaired) electrons. The first-order valence-electron chi connectivity index (χ1n) is 8.18. The molecule has 0 saturated heterocycles. The molecule has 136 valence electrons. The Morgan fingerprint density at radius 2 is 1.88 bits per heavy atom. The number of carbonyl (C=O) groups is 1. The summed E-state index contributed by atoms with van der Waals surface area (Å²) in [5.74, 6) is -0.697. The monoisotopic (exact) mass is 390 g/mol. The summed E-state index contributed by atoms with van der Waals surface area (Å²) in [6.07, 6.45) is 0. The van der Waals surface area contributed by atoms with Gasteiger partial charge < -0.3 is 5.11 Å². The number of hydrogen-bond acceptors (Lipinski definition) is 4. The quantitative estimate of drug-likeness (QED) is 0.699. The molecule has 0 aliphatic rings. The number of fused-ring (bicyclic) bond motifs is 1. The highest BCUT2D eigenvalue weighted by Gasteiger charge is 2.35. The van der Waals surface area contributed by atoms with Crippen molar-refractivity contribution in [3.63, 3.8) is 0 Å². The fourth-order valence-electron chi connectivity index (χ4n) is 2.87. The van der Waals surface area contributed by atoms with Gasteiger partial charge in [-0.3, -0.25) is 9.36 Å². The number of hydrogen-bond donors (Lipinski definition) is 1. The highest BCUT2D eigenvalue weighted by Crippen LogP contribution is 2.33. The van der Waals surface area contributed by atoms with Crippen molar-refractivity contribution in [1.82, 2.24) is 9.55 Å². The van der Waals surface area contributed by atoms with E-state index in [0.29, 0.717) is 21.1 Å². The van der Waals surface area contributed by atoms with Gasteiger partial charge in [-0.15, -0.1) is 11.3 Å². The predicted octanol–water partition coefficient (Wildman–Crippen LogP) is 4.72. The molecule has 0 atom stereocenters. The second-order valence-electron chi connectivity index (χ2n) is 6.97. The van der Waals surface area contributed by atoms with E-state index in [-0.39, 0.29) is 11.5 Å². The molecule has 0 saturated carbocycles. The number of aliphatic carboxylic acids is 1. The number of nitrogens with zero attached hydrogens (tertiary/aromatic N) is 2. The van der Waals surface area contributed by atoms with Crippen LogP contribution in [-0.2, 0) is 10.3 Å². The molecule has 1 aromatic carbocycles. The average Bonchev–Trinajstić information content (AvgIpc) is 2.99. The van der Waals surface area contributed by atoms with Crippen molar-refractivity contribution in [2.24, 2.45) is 0 Å². The summed E-state index contributed by atoms with van der Waals surface area (Å²) in [5.41, 5.74) is -0.157. The smallest absolute Gasteiger partial charge is 0.329 e. The number of thiophene rings is 1. The van der Waals surface area contributed by atoms with E-state index in [1.165, 1.54) is 29.8 Å². The minimum Gasteiger partial charge on any atom is -0.480 e. The molecule has 3 rings (SSSR count). The molecule has 3 aromatic rings. The SMILES string of the molecule is CC(C)c1nc2scc(-c3ccc(Cl)cc3)c2c(=O)n1C(C)(C)C(=O)O. The van der Waals surface area contributed by atoms with E-state index in [1.54, 1.807) is 12.1 Å². The zero-order chi connectivity index (χ0) is 19.2. The Bertz CT molecular complexity index is 1050. The van der Waals surface area contributed by atoms with Crippen molar-refractivity contribution in [2.75, 3.05) is 0 Å². The van der Waals surface area contributed by atoms with Gasteiger partial charge in [0.05, 0.1) is 5.39 Å². The van der Waals surface area contributed by atoms with Crippen LogP contribution in [0.3, 0.4) is 0 Å². The molecule has 1 N–H and O–H groups in total. The lowest BCUT2D eigenvalue weighted by Gasteiger charge is -2.27. The highest BCUT2D eigenvalue weighted by atomic mass is 35.5. The largest absolute Gasteiger partial charge is 0.480 e. The Balaban J connectivity index is 2.40. The van der Waals surface area contributed by atoms with Gasteiger partial charge in [0.25, 0.3) is 5.56 Å². The molecular formula is C19H19ClN2O3S. The van der Waals surface area contributed by atoms with Crippen molar-refractivity contribution in [3.8, 4) is 11.1 Å². The van der Waals surface area contributed by atoms with E-state index in [0.717, 1.165) is 11.1 Å². The number of rotatable bonds is 4. The van der Waals surface area contributed by atoms with Crippen LogP contribution in [0.5, 0.6) is 0 Å². The fourth-order valence-corrected chi connectivity index (χ4v) is 3.94. The zero-order valence-corrected chi connectivity index (χ0v) is 16.5. The van der Waals surface area contributed by atoms with Gasteiger partial charge in [0.1, 0.15) is 16.2 Å². The molecule has 0 spiro atoms. The number of benzene rings is 1. The normalized spacial score (nSPS) is 12.1. The maximum atomic E-state index is 13.4. The van der Waals surface area contributed by atoms with Crippen molar-refractivity contribution in [2.45, 2.75) is 39.2 Å². The summed E-state index contributed by atoms with van der Waals surface area (Å²) >= 11 is 7.34. The van der Waals surface area contributed by atoms with Gasteiger partial charge in [-0.25, -0.2) is 9.78 Å². The Labute approximate surface area is 159 Å². The van der Waals surface area contributed by atoms with Crippen molar-refractivity contribution in [1.29, 1.82) is 0 Å². The first kappa shape index (κ1) is 18.6. The Morgan fingerprint density at radius 3 is 2.42 bits per heavy atom. The van der Waals surface area contributed by atoms with Crippen molar-refractivity contribution >= 4 is 39.1 Å². The van der Waals surface area contributed by atoms with Gasteiger partial charge in [-0.05, 0) is 31.5 Å². The number of aromatic nitrogens is 2. The highest BCUT2D eigenvalue weighted by molar-refractivity contribution is 7.17. The Morgan fingerprint density at radius 1 is 1.27 bits per heavy atom. The van der Waals surface area contributed by atoms with Crippen LogP contribution >= 0.6 is 22.9 Å². The van der Waals surface area contributed by atoms with Gasteiger partial charge in [0, 0.05) is 21.9 Å². The number of carboxylic acid groups (broad SMARTS) is 1. The average molecular weight is 391 g/mol. The molecule has 26 heavy (non-hydrogen) atoms. The third kappa shape index (κ3) is 2.93. The second-order valence-corrected chi connectivity index (χ2v) is 8.26. The molecule has 2 heterocycles. The van der Waals surface area contributed by atoms with Crippen LogP contribution in [0, 0.1) is 0 Å². The molecule has 0 aliphatic carbocycles. The van der Waals surface area contributed by atoms with Crippen LogP contribution in [0.1, 0.15) is 39.4 Å². The van der Waals surface area contributed by atoms with E-state index in [1.807, 2.05) is 31.4 Å². The van der Waals surface area contributed by atoms with Gasteiger partial charge in [0.15, 0.2) is 0 Å². The third-order valence-electron chi connectivity index (χ3n) is 4.39. The van der Waals surface area contributed by atoms with Crippen molar-refractivity contribution < 1.29 is 9.90 Å². The molecule has 5 nitrogen and oxygen atoms in total. The van der Waals surface area contributed by atoms with Gasteiger partial charge >= 0.3 is 5.97 Å². The Hall–Kier alpha value is -2.18. The number of carboxylic acids is 1. The van der Waals surface area contributed by atoms with Crippen LogP contribution in [0.4, 0.5) is 0 Å². The zero-order valence-electron chi connectivity index (χ0n) is 14.9. The van der Waals surface area contributed by atoms with Gasteiger partial charge in [-0.2, -0.15) is 0 Å². The third-order valence-corrected chi connectivity index (χ3v) is 5.51. The summed E-state index contributed by atoms with van der Waals surface area (Å²) in [7, 11) is 0. The van der Waals surface area contributed by atoms with E-state index in [2.05, 4.69) is 4.98 Å². The Kier molecular flexibility index (Phi) is 4.67. The van der Waals surface area contributed by atoms with Crippen molar-refractivity contribution in [3.05, 3.63) is 50.8 Å². The first-order chi connectivity index (χ1) is 12.1. The molecular weight excluding hydrogens is 372 g/mol. The minimum absolute atomic E-state index is 0.0909. The van der Waals surface area contributed by atoms with Crippen LogP contribution < -0.4 is 5.56 Å². The predicted molar refractivity (Wildman–Crippen MR) is 105 cm³/mol. The molecule has 0 unspecified atom stereocenters. The van der Waals surface area contributed by atoms with E-state index < -0.39 is 11.5 Å². The van der Waals surface area contributed by atoms with Gasteiger partial charge in [-0.1, -0.05) is 37.6 Å². The summed E-state index contributed by atoms with van der Waals surface area (Å²) in [4.78, 5) is 30.4. The molecule has 7 heteroatoms. The molecule has 0 fully saturated rings. The molecule has 0 bridgehead atoms. The summed E-state index contributed by atoms with van der Waals surface area (Å²) in [5, 5.41) is 12.6. The van der Waals surface area contributed by atoms with Crippen LogP contribution in [0.2, 0.25) is 5.02 Å². The van der Waals surface area contributed by atoms with Crippen LogP contribution in [-0.4, -0.2) is 20.6 Å². The second kappa shape index (κ2) is 6.52. The standard InChI is InChI=1S/C19H19ClN2O3S/c1-10(2)15-21-16-14(17(23)22(15)19(3,4)18(24)25)13(9-26-16)11-5-7-12(20)8-6-11/h5-10H,1-4H3,(H,24,25). The van der Waals surface area contributed by atoms with E-state index in [9.17, 15) is 14.7 Å². The summed E-state index contributed by atoms with van der Waals surface area (Å²) < 4.78 is 1.31. The lowest BCUT2D eigenvalue weighted by molar-refractivity contribution is -0.146. The first-order valence-corrected chi connectivity index (χ1v) is 9.44. The maximum absolute atomic E-state index is 13.4. The maximum Gasteiger partial charge on any atom is 0.329 e. The topological polar surface area (TPSA) is 72.2 Å². The molecule has 2 aromatic heterocycles. The van der Waals surface area contributed by atoms with E-state index in [4.69, 9.17) is 11.6 Å². The molecule has 0 aliphatic heterocycles. The van der Waals surface area contributed by atoms with Gasteiger partial charge in [0.2, 0.25) is 0 Å². The minimum atomic E-state index is -1.41. The molecule has 0 amide bonds. The summed E-state index contributed by atoms with van der Waals surface area (Å²) in [6, 6.07) is 7.20. The van der Waals surface area contributed by atoms with Crippen LogP contribution in [0.15, 0.2) is 34.4 Å². The lowest BCUT2D eigenvalue weighted by Crippen LogP contribution is -2.45. The van der Waals surface area contributed by atoms with Crippen LogP contribution in [0.25, 0.3) is 21.3 Å². The fraction of sp³-hybridized carbons (Fsp3) is 0.316. The lowest BCUT2D eigenvalue weighted by atomic mass is 10.0. The van der Waals surface area contributed by atoms with E-state index >= 15 is 0 Å².